The predicted molar refractivity (Wildman–Crippen MR) is 77.4 cm³/mol. The van der Waals surface area contributed by atoms with Gasteiger partial charge in [-0.1, -0.05) is 35.9 Å². The Labute approximate surface area is 111 Å². The van der Waals surface area contributed by atoms with Crippen molar-refractivity contribution < 1.29 is 0 Å². The molecule has 0 heterocycles. The number of halogens is 1. The fraction of sp³-hybridized carbons (Fsp3) is 0.200. The maximum atomic E-state index is 3.55. The molecule has 1 N–H and O–H groups in total. The van der Waals surface area contributed by atoms with Crippen molar-refractivity contribution in [2.45, 2.75) is 20.4 Å². The average Bonchev–Trinajstić information content (AvgIpc) is 2.32. The zero-order valence-electron chi connectivity index (χ0n) is 10.1. The van der Waals surface area contributed by atoms with Crippen molar-refractivity contribution in [3.63, 3.8) is 0 Å². The molecule has 2 rings (SSSR count). The van der Waals surface area contributed by atoms with E-state index in [9.17, 15) is 0 Å². The third-order valence-corrected chi connectivity index (χ3v) is 3.42. The summed E-state index contributed by atoms with van der Waals surface area (Å²) in [7, 11) is 0. The van der Waals surface area contributed by atoms with Crippen LogP contribution in [-0.2, 0) is 6.54 Å². The minimum atomic E-state index is 0.850. The summed E-state index contributed by atoms with van der Waals surface area (Å²) in [6.45, 7) is 5.06. The van der Waals surface area contributed by atoms with Crippen LogP contribution in [0.1, 0.15) is 16.7 Å². The summed E-state index contributed by atoms with van der Waals surface area (Å²) in [5.74, 6) is 0. The molecule has 0 spiro atoms. The van der Waals surface area contributed by atoms with E-state index < -0.39 is 0 Å². The van der Waals surface area contributed by atoms with Crippen molar-refractivity contribution in [3.05, 3.63) is 63.6 Å². The highest BCUT2D eigenvalue weighted by Crippen LogP contribution is 2.23. The molecular weight excluding hydrogens is 274 g/mol. The average molecular weight is 290 g/mol. The maximum absolute atomic E-state index is 3.55. The van der Waals surface area contributed by atoms with E-state index in [4.69, 9.17) is 0 Å². The Morgan fingerprint density at radius 3 is 2.29 bits per heavy atom. The van der Waals surface area contributed by atoms with Gasteiger partial charge in [-0.2, -0.15) is 0 Å². The first-order chi connectivity index (χ1) is 8.15. The molecule has 1 nitrogen and oxygen atoms in total. The van der Waals surface area contributed by atoms with Crippen LogP contribution in [0.3, 0.4) is 0 Å². The number of anilines is 1. The molecule has 88 valence electrons. The molecule has 0 bridgehead atoms. The second-order valence-corrected chi connectivity index (χ2v) is 5.18. The first-order valence-electron chi connectivity index (χ1n) is 5.71. The van der Waals surface area contributed by atoms with Gasteiger partial charge >= 0.3 is 0 Å². The smallest absolute Gasteiger partial charge is 0.0489 e. The Hall–Kier alpha value is -1.28. The van der Waals surface area contributed by atoms with Gasteiger partial charge in [-0.15, -0.1) is 0 Å². The second-order valence-electron chi connectivity index (χ2n) is 4.32. The molecule has 2 heteroatoms. The standard InChI is InChI=1S/C15H16BrN/c1-11-3-6-13(7-4-11)10-17-15-9-12(2)5-8-14(15)16/h3-9,17H,10H2,1-2H3. The molecule has 17 heavy (non-hydrogen) atoms. The molecule has 0 amide bonds. The lowest BCUT2D eigenvalue weighted by Gasteiger charge is -2.09. The quantitative estimate of drug-likeness (QED) is 0.865. The summed E-state index contributed by atoms with van der Waals surface area (Å²) in [4.78, 5) is 0. The van der Waals surface area contributed by atoms with Crippen molar-refractivity contribution in [1.82, 2.24) is 0 Å². The van der Waals surface area contributed by atoms with Crippen LogP contribution >= 0.6 is 15.9 Å². The topological polar surface area (TPSA) is 12.0 Å². The molecule has 0 atom stereocenters. The molecule has 0 aliphatic rings. The summed E-state index contributed by atoms with van der Waals surface area (Å²) in [5.41, 5.74) is 5.00. The number of hydrogen-bond acceptors (Lipinski definition) is 1. The second kappa shape index (κ2) is 5.37. The molecule has 0 fully saturated rings. The van der Waals surface area contributed by atoms with Crippen LogP contribution in [0.5, 0.6) is 0 Å². The van der Waals surface area contributed by atoms with E-state index in [1.165, 1.54) is 16.7 Å². The summed E-state index contributed by atoms with van der Waals surface area (Å²) in [6.07, 6.45) is 0. The first kappa shape index (κ1) is 12.2. The van der Waals surface area contributed by atoms with E-state index in [1.807, 2.05) is 0 Å². The van der Waals surface area contributed by atoms with Gasteiger partial charge in [-0.3, -0.25) is 0 Å². The van der Waals surface area contributed by atoms with E-state index in [1.54, 1.807) is 0 Å². The van der Waals surface area contributed by atoms with Crippen LogP contribution in [0.15, 0.2) is 46.9 Å². The van der Waals surface area contributed by atoms with Crippen molar-refractivity contribution >= 4 is 21.6 Å². The third-order valence-electron chi connectivity index (χ3n) is 2.73. The van der Waals surface area contributed by atoms with E-state index in [0.717, 1.165) is 16.7 Å². The van der Waals surface area contributed by atoms with Gasteiger partial charge in [0, 0.05) is 16.7 Å². The number of nitrogens with one attached hydrogen (secondary N) is 1. The van der Waals surface area contributed by atoms with Crippen LogP contribution in [0, 0.1) is 13.8 Å². The van der Waals surface area contributed by atoms with E-state index >= 15 is 0 Å². The maximum Gasteiger partial charge on any atom is 0.0489 e. The van der Waals surface area contributed by atoms with Gasteiger partial charge in [0.1, 0.15) is 0 Å². The fourth-order valence-corrected chi connectivity index (χ4v) is 2.06. The van der Waals surface area contributed by atoms with Crippen LogP contribution in [-0.4, -0.2) is 0 Å². The fourth-order valence-electron chi connectivity index (χ4n) is 1.68. The van der Waals surface area contributed by atoms with Crippen LogP contribution < -0.4 is 5.32 Å². The Morgan fingerprint density at radius 2 is 1.59 bits per heavy atom. The summed E-state index contributed by atoms with van der Waals surface area (Å²) < 4.78 is 1.11. The number of hydrogen-bond donors (Lipinski definition) is 1. The van der Waals surface area contributed by atoms with E-state index in [2.05, 4.69) is 77.6 Å². The molecule has 0 aliphatic carbocycles. The zero-order valence-corrected chi connectivity index (χ0v) is 11.7. The Kier molecular flexibility index (Phi) is 3.85. The van der Waals surface area contributed by atoms with Crippen molar-refractivity contribution in [2.24, 2.45) is 0 Å². The molecule has 0 radical (unpaired) electrons. The van der Waals surface area contributed by atoms with Crippen LogP contribution in [0.4, 0.5) is 5.69 Å². The number of benzene rings is 2. The lowest BCUT2D eigenvalue weighted by Crippen LogP contribution is -2.00. The lowest BCUT2D eigenvalue weighted by molar-refractivity contribution is 1.14. The largest absolute Gasteiger partial charge is 0.380 e. The van der Waals surface area contributed by atoms with Gasteiger partial charge in [-0.25, -0.2) is 0 Å². The first-order valence-corrected chi connectivity index (χ1v) is 6.50. The van der Waals surface area contributed by atoms with Gasteiger partial charge in [0.05, 0.1) is 0 Å². The van der Waals surface area contributed by atoms with E-state index in [0.29, 0.717) is 0 Å². The van der Waals surface area contributed by atoms with Crippen molar-refractivity contribution in [3.8, 4) is 0 Å². The Balaban J connectivity index is 2.07. The molecule has 0 unspecified atom stereocenters. The molecule has 0 saturated heterocycles. The summed E-state index contributed by atoms with van der Waals surface area (Å²) in [6, 6.07) is 14.9. The van der Waals surface area contributed by atoms with Gasteiger partial charge in [0.2, 0.25) is 0 Å². The Morgan fingerprint density at radius 1 is 0.941 bits per heavy atom. The molecule has 0 aliphatic heterocycles. The Bertz CT molecular complexity index is 503. The third kappa shape index (κ3) is 3.34. The monoisotopic (exact) mass is 289 g/mol. The summed E-state index contributed by atoms with van der Waals surface area (Å²) >= 11 is 3.55. The molecule has 2 aromatic rings. The highest BCUT2D eigenvalue weighted by Gasteiger charge is 1.99. The predicted octanol–water partition coefficient (Wildman–Crippen LogP) is 4.68. The van der Waals surface area contributed by atoms with Crippen molar-refractivity contribution in [1.29, 1.82) is 0 Å². The molecule has 2 aromatic carbocycles. The van der Waals surface area contributed by atoms with Crippen LogP contribution in [0.25, 0.3) is 0 Å². The number of aryl methyl sites for hydroxylation is 2. The molecular formula is C15H16BrN. The highest BCUT2D eigenvalue weighted by molar-refractivity contribution is 9.10. The lowest BCUT2D eigenvalue weighted by atomic mass is 10.1. The van der Waals surface area contributed by atoms with Gasteiger partial charge in [0.15, 0.2) is 0 Å². The minimum Gasteiger partial charge on any atom is -0.380 e. The van der Waals surface area contributed by atoms with Gasteiger partial charge in [-0.05, 0) is 53.0 Å². The zero-order chi connectivity index (χ0) is 12.3. The normalized spacial score (nSPS) is 10.3. The van der Waals surface area contributed by atoms with Gasteiger partial charge in [0.25, 0.3) is 0 Å². The minimum absolute atomic E-state index is 0.850. The van der Waals surface area contributed by atoms with E-state index in [-0.39, 0.29) is 0 Å². The summed E-state index contributed by atoms with van der Waals surface area (Å²) in [5, 5.41) is 3.44. The van der Waals surface area contributed by atoms with Gasteiger partial charge < -0.3 is 5.32 Å². The molecule has 0 aromatic heterocycles. The van der Waals surface area contributed by atoms with Crippen LogP contribution in [0.2, 0.25) is 0 Å². The molecule has 0 saturated carbocycles. The number of rotatable bonds is 3. The van der Waals surface area contributed by atoms with Crippen molar-refractivity contribution in [2.75, 3.05) is 5.32 Å². The SMILES string of the molecule is Cc1ccc(CNc2cc(C)ccc2Br)cc1. The highest BCUT2D eigenvalue weighted by atomic mass is 79.9.